The molecule has 1 aliphatic rings. The van der Waals surface area contributed by atoms with Gasteiger partial charge in [-0.3, -0.25) is 19.4 Å². The zero-order chi connectivity index (χ0) is 27.6. The molecule has 4 rings (SSSR count). The Hall–Kier alpha value is -4.13. The maximum absolute atomic E-state index is 12.6. The Balaban J connectivity index is 1.46. The fourth-order valence-corrected chi connectivity index (χ4v) is 4.39. The van der Waals surface area contributed by atoms with Crippen molar-refractivity contribution in [3.8, 4) is 11.1 Å². The van der Waals surface area contributed by atoms with Crippen LogP contribution in [0.3, 0.4) is 0 Å². The minimum absolute atomic E-state index is 0.0464. The van der Waals surface area contributed by atoms with Crippen molar-refractivity contribution in [2.45, 2.75) is 13.0 Å². The minimum atomic E-state index is -0.818. The molecule has 0 unspecified atom stereocenters. The first-order valence-electron chi connectivity index (χ1n) is 13.0. The maximum atomic E-state index is 12.6. The van der Waals surface area contributed by atoms with E-state index in [1.54, 1.807) is 25.6 Å². The Morgan fingerprint density at radius 3 is 2.44 bits per heavy atom. The number of rotatable bonds is 12. The molecule has 1 fully saturated rings. The molecular weight excluding hydrogens is 498 g/mol. The van der Waals surface area contributed by atoms with E-state index in [-0.39, 0.29) is 12.5 Å². The van der Waals surface area contributed by atoms with E-state index in [2.05, 4.69) is 35.8 Å². The molecule has 39 heavy (non-hydrogen) atoms. The van der Waals surface area contributed by atoms with E-state index >= 15 is 0 Å². The molecule has 0 atom stereocenters. The number of carboxylic acid groups (broad SMARTS) is 1. The minimum Gasteiger partial charge on any atom is -0.480 e. The number of carbonyl (C=O) groups is 2. The summed E-state index contributed by atoms with van der Waals surface area (Å²) in [5.41, 5.74) is 9.61. The predicted molar refractivity (Wildman–Crippen MR) is 150 cm³/mol. The fourth-order valence-electron chi connectivity index (χ4n) is 4.39. The second-order valence-corrected chi connectivity index (χ2v) is 9.32. The Morgan fingerprint density at radius 2 is 1.74 bits per heavy atom. The molecule has 0 bridgehead atoms. The normalized spacial score (nSPS) is 14.1. The molecule has 0 saturated carbocycles. The van der Waals surface area contributed by atoms with Gasteiger partial charge in [0.05, 0.1) is 6.54 Å². The highest BCUT2D eigenvalue weighted by atomic mass is 16.4. The summed E-state index contributed by atoms with van der Waals surface area (Å²) in [7, 11) is 1.62. The van der Waals surface area contributed by atoms with Crippen LogP contribution in [0, 0.1) is 0 Å². The van der Waals surface area contributed by atoms with E-state index in [0.29, 0.717) is 43.5 Å². The number of amides is 1. The van der Waals surface area contributed by atoms with E-state index in [1.165, 1.54) is 0 Å². The summed E-state index contributed by atoms with van der Waals surface area (Å²) < 4.78 is 0. The molecular formula is C27H35N9O3. The van der Waals surface area contributed by atoms with Crippen LogP contribution in [0.15, 0.2) is 48.9 Å². The topological polar surface area (TPSA) is 162 Å². The Morgan fingerprint density at radius 1 is 1.00 bits per heavy atom. The molecule has 3 heterocycles. The molecule has 12 heteroatoms. The van der Waals surface area contributed by atoms with Crippen molar-refractivity contribution in [2.24, 2.45) is 5.73 Å². The molecule has 12 nitrogen and oxygen atoms in total. The molecule has 3 aromatic rings. The number of hydrogen-bond acceptors (Lipinski definition) is 10. The van der Waals surface area contributed by atoms with Gasteiger partial charge in [-0.15, -0.1) is 0 Å². The number of aromatic nitrogens is 3. The van der Waals surface area contributed by atoms with E-state index in [9.17, 15) is 9.59 Å². The fraction of sp³-hybridized carbons (Fsp3) is 0.370. The molecule has 1 saturated heterocycles. The number of carboxylic acids is 1. The van der Waals surface area contributed by atoms with Crippen LogP contribution in [-0.4, -0.2) is 94.6 Å². The van der Waals surface area contributed by atoms with Crippen molar-refractivity contribution in [3.63, 3.8) is 0 Å². The summed E-state index contributed by atoms with van der Waals surface area (Å²) in [6, 6.07) is 9.46. The summed E-state index contributed by atoms with van der Waals surface area (Å²) in [5.74, 6) is 0.244. The van der Waals surface area contributed by atoms with Crippen molar-refractivity contribution in [3.05, 3.63) is 60.0 Å². The van der Waals surface area contributed by atoms with E-state index in [0.717, 1.165) is 48.4 Å². The number of nitrogens with two attached hydrogens (primary N) is 1. The molecule has 1 aliphatic heterocycles. The summed E-state index contributed by atoms with van der Waals surface area (Å²) in [4.78, 5) is 41.0. The molecule has 1 amide bonds. The van der Waals surface area contributed by atoms with Gasteiger partial charge in [0.2, 0.25) is 5.95 Å². The standard InChI is InChI=1S/C27H35N9O3/c1-29-26(39)23-4-3-22(13-20(23)17-35-9-11-36(12-10-35)18-25(37)38)34-24-14-19(5-8-30-24)21-15-32-27(33-16-21)31-7-2-6-28/h3-5,8,13-16H,2,6-7,9-12,17-18,28H2,1H3,(H,29,39)(H,30,34)(H,37,38)(H,31,32,33). The first kappa shape index (κ1) is 27.9. The summed E-state index contributed by atoms with van der Waals surface area (Å²) in [6.45, 7) is 4.76. The van der Waals surface area contributed by atoms with Crippen molar-refractivity contribution in [1.29, 1.82) is 0 Å². The smallest absolute Gasteiger partial charge is 0.317 e. The lowest BCUT2D eigenvalue weighted by atomic mass is 10.0. The molecule has 0 aliphatic carbocycles. The predicted octanol–water partition coefficient (Wildman–Crippen LogP) is 1.60. The van der Waals surface area contributed by atoms with Crippen LogP contribution >= 0.6 is 0 Å². The highest BCUT2D eigenvalue weighted by Gasteiger charge is 2.21. The van der Waals surface area contributed by atoms with Gasteiger partial charge in [0.1, 0.15) is 5.82 Å². The average molecular weight is 534 g/mol. The van der Waals surface area contributed by atoms with Gasteiger partial charge >= 0.3 is 5.97 Å². The van der Waals surface area contributed by atoms with Crippen molar-refractivity contribution in [2.75, 3.05) is 63.5 Å². The van der Waals surface area contributed by atoms with Gasteiger partial charge in [-0.2, -0.15) is 0 Å². The molecule has 206 valence electrons. The monoisotopic (exact) mass is 533 g/mol. The third-order valence-corrected chi connectivity index (χ3v) is 6.48. The number of piperazine rings is 1. The lowest BCUT2D eigenvalue weighted by Crippen LogP contribution is -2.47. The number of carbonyl (C=O) groups excluding carboxylic acids is 1. The van der Waals surface area contributed by atoms with Gasteiger partial charge in [-0.1, -0.05) is 0 Å². The first-order chi connectivity index (χ1) is 18.9. The largest absolute Gasteiger partial charge is 0.480 e. The van der Waals surface area contributed by atoms with Gasteiger partial charge in [-0.05, 0) is 54.4 Å². The van der Waals surface area contributed by atoms with Gasteiger partial charge in [0.15, 0.2) is 0 Å². The van der Waals surface area contributed by atoms with Crippen LogP contribution in [-0.2, 0) is 11.3 Å². The zero-order valence-corrected chi connectivity index (χ0v) is 22.1. The van der Waals surface area contributed by atoms with E-state index < -0.39 is 5.97 Å². The van der Waals surface area contributed by atoms with Gasteiger partial charge in [0, 0.05) is 81.7 Å². The van der Waals surface area contributed by atoms with Gasteiger partial charge in [-0.25, -0.2) is 15.0 Å². The molecule has 1 aromatic carbocycles. The molecule has 0 spiro atoms. The number of hydrogen-bond donors (Lipinski definition) is 5. The van der Waals surface area contributed by atoms with Crippen LogP contribution in [0.4, 0.5) is 17.5 Å². The highest BCUT2D eigenvalue weighted by molar-refractivity contribution is 5.96. The number of aliphatic carboxylic acids is 1. The number of benzene rings is 1. The number of nitrogens with zero attached hydrogens (tertiary/aromatic N) is 5. The highest BCUT2D eigenvalue weighted by Crippen LogP contribution is 2.25. The second-order valence-electron chi connectivity index (χ2n) is 9.32. The summed E-state index contributed by atoms with van der Waals surface area (Å²) in [5, 5.41) is 18.3. The molecule has 6 N–H and O–H groups in total. The quantitative estimate of drug-likeness (QED) is 0.215. The number of nitrogens with one attached hydrogen (secondary N) is 3. The number of anilines is 3. The van der Waals surface area contributed by atoms with Crippen LogP contribution in [0.1, 0.15) is 22.3 Å². The Kier molecular flexibility index (Phi) is 9.73. The second kappa shape index (κ2) is 13.6. The lowest BCUT2D eigenvalue weighted by molar-refractivity contribution is -0.138. The van der Waals surface area contributed by atoms with E-state index in [4.69, 9.17) is 10.8 Å². The number of pyridine rings is 1. The van der Waals surface area contributed by atoms with Crippen molar-refractivity contribution < 1.29 is 14.7 Å². The van der Waals surface area contributed by atoms with Crippen LogP contribution < -0.4 is 21.7 Å². The van der Waals surface area contributed by atoms with Crippen molar-refractivity contribution in [1.82, 2.24) is 30.1 Å². The van der Waals surface area contributed by atoms with Crippen LogP contribution in [0.2, 0.25) is 0 Å². The SMILES string of the molecule is CNC(=O)c1ccc(Nc2cc(-c3cnc(NCCCN)nc3)ccn2)cc1CN1CCN(CC(=O)O)CC1. The third kappa shape index (κ3) is 7.93. The summed E-state index contributed by atoms with van der Waals surface area (Å²) >= 11 is 0. The Labute approximate surface area is 227 Å². The molecule has 0 radical (unpaired) electrons. The van der Waals surface area contributed by atoms with Gasteiger partial charge < -0.3 is 26.8 Å². The summed E-state index contributed by atoms with van der Waals surface area (Å²) in [6.07, 6.45) is 6.11. The van der Waals surface area contributed by atoms with Gasteiger partial charge in [0.25, 0.3) is 5.91 Å². The third-order valence-electron chi connectivity index (χ3n) is 6.48. The van der Waals surface area contributed by atoms with Crippen LogP contribution in [0.5, 0.6) is 0 Å². The van der Waals surface area contributed by atoms with Crippen LogP contribution in [0.25, 0.3) is 11.1 Å². The zero-order valence-electron chi connectivity index (χ0n) is 22.1. The maximum Gasteiger partial charge on any atom is 0.317 e. The average Bonchev–Trinajstić information content (AvgIpc) is 2.94. The molecule has 2 aromatic heterocycles. The Bertz CT molecular complexity index is 1260. The lowest BCUT2D eigenvalue weighted by Gasteiger charge is -2.34. The van der Waals surface area contributed by atoms with E-state index in [1.807, 2.05) is 35.2 Å². The first-order valence-corrected chi connectivity index (χ1v) is 13.0. The van der Waals surface area contributed by atoms with Crippen molar-refractivity contribution >= 4 is 29.3 Å².